The summed E-state index contributed by atoms with van der Waals surface area (Å²) in [6.07, 6.45) is 7.26. The molecule has 0 unspecified atom stereocenters. The minimum Gasteiger partial charge on any atom is -0.346 e. The summed E-state index contributed by atoms with van der Waals surface area (Å²) in [5, 5.41) is 5.05. The van der Waals surface area contributed by atoms with E-state index in [0.29, 0.717) is 28.6 Å². The molecule has 0 aliphatic heterocycles. The molecule has 1 aromatic carbocycles. The molecule has 0 bridgehead atoms. The van der Waals surface area contributed by atoms with Crippen LogP contribution < -0.4 is 5.32 Å². The average Bonchev–Trinajstić information content (AvgIpc) is 3.19. The van der Waals surface area contributed by atoms with Gasteiger partial charge < -0.3 is 9.72 Å². The quantitative estimate of drug-likeness (QED) is 0.394. The van der Waals surface area contributed by atoms with Crippen molar-refractivity contribution in [3.05, 3.63) is 106 Å². The molecule has 0 fully saturated rings. The monoisotopic (exact) mass is 461 g/mol. The lowest BCUT2D eigenvalue weighted by atomic mass is 10.0. The number of pyridine rings is 2. The largest absolute Gasteiger partial charge is 0.346 e. The minimum absolute atomic E-state index is 0.173. The summed E-state index contributed by atoms with van der Waals surface area (Å²) >= 11 is 12.1. The van der Waals surface area contributed by atoms with Gasteiger partial charge in [-0.2, -0.15) is 0 Å². The molecule has 158 valence electrons. The molecular weight excluding hydrogens is 445 g/mol. The number of carbonyl (C=O) groups excluding carboxylic acids is 1. The number of fused-ring (bicyclic) bond motifs is 2. The molecule has 0 spiro atoms. The van der Waals surface area contributed by atoms with E-state index < -0.39 is 0 Å². The summed E-state index contributed by atoms with van der Waals surface area (Å²) in [5.41, 5.74) is 4.97. The van der Waals surface area contributed by atoms with E-state index in [1.807, 2.05) is 46.9 Å². The van der Waals surface area contributed by atoms with E-state index in [1.54, 1.807) is 30.9 Å². The summed E-state index contributed by atoms with van der Waals surface area (Å²) in [7, 11) is 0. The number of benzene rings is 1. The molecule has 0 aliphatic rings. The molecular formula is C24H17Cl2N5O. The zero-order valence-electron chi connectivity index (χ0n) is 16.8. The van der Waals surface area contributed by atoms with Crippen LogP contribution in [0.25, 0.3) is 16.6 Å². The van der Waals surface area contributed by atoms with Crippen molar-refractivity contribution in [1.29, 1.82) is 0 Å². The Bertz CT molecular complexity index is 1460. The van der Waals surface area contributed by atoms with Crippen molar-refractivity contribution < 1.29 is 4.79 Å². The Kier molecular flexibility index (Phi) is 5.47. The second-order valence-electron chi connectivity index (χ2n) is 7.40. The average molecular weight is 462 g/mol. The van der Waals surface area contributed by atoms with Crippen LogP contribution in [0.5, 0.6) is 0 Å². The summed E-state index contributed by atoms with van der Waals surface area (Å²) < 4.78 is 1.86. The normalized spacial score (nSPS) is 11.2. The van der Waals surface area contributed by atoms with Crippen LogP contribution in [-0.2, 0) is 13.0 Å². The molecule has 5 rings (SSSR count). The maximum atomic E-state index is 12.7. The van der Waals surface area contributed by atoms with Crippen LogP contribution >= 0.6 is 23.2 Å². The molecule has 1 amide bonds. The van der Waals surface area contributed by atoms with E-state index in [4.69, 9.17) is 23.2 Å². The third-order valence-electron chi connectivity index (χ3n) is 5.16. The van der Waals surface area contributed by atoms with Gasteiger partial charge in [-0.05, 0) is 48.0 Å². The highest BCUT2D eigenvalue weighted by atomic mass is 35.5. The van der Waals surface area contributed by atoms with Gasteiger partial charge in [0.05, 0.1) is 22.1 Å². The fourth-order valence-corrected chi connectivity index (χ4v) is 3.94. The lowest BCUT2D eigenvalue weighted by Gasteiger charge is -2.08. The molecule has 0 saturated carbocycles. The second kappa shape index (κ2) is 8.57. The van der Waals surface area contributed by atoms with Crippen molar-refractivity contribution in [3.63, 3.8) is 0 Å². The third kappa shape index (κ3) is 4.28. The Hall–Kier alpha value is -3.48. The molecule has 1 N–H and O–H groups in total. The summed E-state index contributed by atoms with van der Waals surface area (Å²) in [5.74, 6) is -0.173. The molecule has 6 nitrogen and oxygen atoms in total. The zero-order valence-corrected chi connectivity index (χ0v) is 18.3. The van der Waals surface area contributed by atoms with Crippen molar-refractivity contribution in [3.8, 4) is 0 Å². The Balaban J connectivity index is 1.31. The highest BCUT2D eigenvalue weighted by molar-refractivity contribution is 6.31. The molecule has 8 heteroatoms. The highest BCUT2D eigenvalue weighted by Crippen LogP contribution is 2.20. The lowest BCUT2D eigenvalue weighted by molar-refractivity contribution is 0.0950. The van der Waals surface area contributed by atoms with Crippen molar-refractivity contribution in [2.75, 3.05) is 0 Å². The van der Waals surface area contributed by atoms with Gasteiger partial charge in [0, 0.05) is 53.5 Å². The van der Waals surface area contributed by atoms with Gasteiger partial charge in [0.15, 0.2) is 0 Å². The van der Waals surface area contributed by atoms with Gasteiger partial charge in [0.1, 0.15) is 5.65 Å². The number of carbonyl (C=O) groups is 1. The van der Waals surface area contributed by atoms with E-state index >= 15 is 0 Å². The Morgan fingerprint density at radius 2 is 1.81 bits per heavy atom. The van der Waals surface area contributed by atoms with Gasteiger partial charge in [0.2, 0.25) is 0 Å². The van der Waals surface area contributed by atoms with Crippen LogP contribution in [0.4, 0.5) is 0 Å². The van der Waals surface area contributed by atoms with Crippen LogP contribution in [-0.4, -0.2) is 25.3 Å². The van der Waals surface area contributed by atoms with Gasteiger partial charge in [-0.3, -0.25) is 14.8 Å². The summed E-state index contributed by atoms with van der Waals surface area (Å²) in [4.78, 5) is 25.8. The van der Waals surface area contributed by atoms with Crippen LogP contribution in [0.15, 0.2) is 73.3 Å². The minimum atomic E-state index is -0.173. The predicted molar refractivity (Wildman–Crippen MR) is 125 cm³/mol. The topological polar surface area (TPSA) is 72.2 Å². The number of amides is 1. The number of nitrogens with one attached hydrogen (secondary N) is 1. The van der Waals surface area contributed by atoms with Crippen LogP contribution in [0.3, 0.4) is 0 Å². The molecule has 0 atom stereocenters. The highest BCUT2D eigenvalue weighted by Gasteiger charge is 2.10. The molecule has 4 aromatic heterocycles. The predicted octanol–water partition coefficient (Wildman–Crippen LogP) is 5.11. The third-order valence-corrected chi connectivity index (χ3v) is 5.56. The first-order valence-corrected chi connectivity index (χ1v) is 10.7. The maximum absolute atomic E-state index is 12.7. The molecule has 4 heterocycles. The SMILES string of the molecule is O=C(NCc1ccc2ncc(Cl)cn12)c1ccnc(Cc2ccc3ncc(Cl)cc3c2)c1. The molecule has 0 radical (unpaired) electrons. The number of aromatic nitrogens is 4. The van der Waals surface area contributed by atoms with Gasteiger partial charge in [-0.1, -0.05) is 29.3 Å². The van der Waals surface area contributed by atoms with Gasteiger partial charge in [0.25, 0.3) is 5.91 Å². The van der Waals surface area contributed by atoms with Crippen LogP contribution in [0.1, 0.15) is 27.3 Å². The first kappa shape index (κ1) is 20.4. The van der Waals surface area contributed by atoms with Crippen molar-refractivity contribution in [2.24, 2.45) is 0 Å². The Morgan fingerprint density at radius 1 is 0.938 bits per heavy atom. The molecule has 5 aromatic rings. The summed E-state index contributed by atoms with van der Waals surface area (Å²) in [6.45, 7) is 0.352. The van der Waals surface area contributed by atoms with Crippen LogP contribution in [0, 0.1) is 0 Å². The van der Waals surface area contributed by atoms with Gasteiger partial charge in [-0.15, -0.1) is 0 Å². The fourth-order valence-electron chi connectivity index (χ4n) is 3.62. The number of hydrogen-bond acceptors (Lipinski definition) is 4. The Morgan fingerprint density at radius 3 is 2.72 bits per heavy atom. The zero-order chi connectivity index (χ0) is 22.1. The molecule has 32 heavy (non-hydrogen) atoms. The van der Waals surface area contributed by atoms with Crippen molar-refractivity contribution in [2.45, 2.75) is 13.0 Å². The number of hydrogen-bond donors (Lipinski definition) is 1. The van der Waals surface area contributed by atoms with E-state index in [2.05, 4.69) is 20.3 Å². The van der Waals surface area contributed by atoms with Crippen molar-refractivity contribution in [1.82, 2.24) is 24.7 Å². The van der Waals surface area contributed by atoms with Gasteiger partial charge in [-0.25, -0.2) is 4.98 Å². The van der Waals surface area contributed by atoms with Crippen LogP contribution in [0.2, 0.25) is 10.0 Å². The number of rotatable bonds is 5. The van der Waals surface area contributed by atoms with E-state index in [-0.39, 0.29) is 5.91 Å². The molecule has 0 aliphatic carbocycles. The van der Waals surface area contributed by atoms with E-state index in [1.165, 1.54) is 0 Å². The Labute approximate surface area is 193 Å². The van der Waals surface area contributed by atoms with E-state index in [0.717, 1.165) is 33.5 Å². The number of nitrogens with zero attached hydrogens (tertiary/aromatic N) is 4. The number of halogens is 2. The lowest BCUT2D eigenvalue weighted by Crippen LogP contribution is -2.23. The maximum Gasteiger partial charge on any atom is 0.251 e. The fraction of sp³-hybridized carbons (Fsp3) is 0.0833. The van der Waals surface area contributed by atoms with E-state index in [9.17, 15) is 4.79 Å². The standard InChI is InChI=1S/C24H17Cl2N5O/c25-18-9-17-7-15(1-3-22(17)28-11-18)8-20-10-16(5-6-27-20)24(32)30-13-21-2-4-23-29-12-19(26)14-31(21)23/h1-7,9-12,14H,8,13H2,(H,30,32). The first-order valence-electron chi connectivity index (χ1n) is 9.94. The first-order chi connectivity index (χ1) is 15.5. The smallest absolute Gasteiger partial charge is 0.251 e. The summed E-state index contributed by atoms with van der Waals surface area (Å²) in [6, 6.07) is 15.2. The van der Waals surface area contributed by atoms with Crippen molar-refractivity contribution >= 4 is 45.7 Å². The molecule has 0 saturated heterocycles. The van der Waals surface area contributed by atoms with Gasteiger partial charge >= 0.3 is 0 Å². The second-order valence-corrected chi connectivity index (χ2v) is 8.27.